The molecule has 4 rings (SSSR count). The van der Waals surface area contributed by atoms with Crippen molar-refractivity contribution in [2.24, 2.45) is 5.14 Å². The molecule has 0 saturated carbocycles. The highest BCUT2D eigenvalue weighted by molar-refractivity contribution is 7.99. The lowest BCUT2D eigenvalue weighted by Gasteiger charge is -2.11. The van der Waals surface area contributed by atoms with E-state index in [1.54, 1.807) is 16.8 Å². The van der Waals surface area contributed by atoms with Crippen molar-refractivity contribution in [3.8, 4) is 5.69 Å². The Bertz CT molecular complexity index is 1230. The minimum absolute atomic E-state index is 0.0390. The Labute approximate surface area is 190 Å². The number of benzene rings is 1. The second-order valence-electron chi connectivity index (χ2n) is 7.65. The number of thioether (sulfide) groups is 1. The molecule has 32 heavy (non-hydrogen) atoms. The van der Waals surface area contributed by atoms with Gasteiger partial charge in [-0.15, -0.1) is 5.10 Å². The van der Waals surface area contributed by atoms with Crippen LogP contribution in [0.5, 0.6) is 0 Å². The molecule has 0 spiro atoms. The second-order valence-corrected chi connectivity index (χ2v) is 10.2. The maximum atomic E-state index is 13.0. The molecule has 10 nitrogen and oxygen atoms in total. The normalized spacial score (nSPS) is 16.5. The second kappa shape index (κ2) is 9.14. The molecule has 1 aliphatic heterocycles. The van der Waals surface area contributed by atoms with Gasteiger partial charge in [-0.05, 0) is 67.4 Å². The summed E-state index contributed by atoms with van der Waals surface area (Å²) < 4.78 is 32.2. The van der Waals surface area contributed by atoms with Gasteiger partial charge in [0.2, 0.25) is 15.2 Å². The number of hydrogen-bond donors (Lipinski definition) is 1. The maximum absolute atomic E-state index is 13.0. The summed E-state index contributed by atoms with van der Waals surface area (Å²) in [6, 6.07) is 8.08. The number of Topliss-reactive ketones (excluding diaryl/α,β-unsaturated/α-hetero) is 1. The van der Waals surface area contributed by atoms with Crippen molar-refractivity contribution < 1.29 is 17.9 Å². The van der Waals surface area contributed by atoms with Crippen molar-refractivity contribution in [3.63, 3.8) is 0 Å². The summed E-state index contributed by atoms with van der Waals surface area (Å²) in [6.45, 7) is 5.09. The first-order chi connectivity index (χ1) is 15.2. The average molecular weight is 477 g/mol. The van der Waals surface area contributed by atoms with E-state index in [0.29, 0.717) is 17.3 Å². The number of tetrazole rings is 1. The van der Waals surface area contributed by atoms with Gasteiger partial charge in [-0.2, -0.15) is 0 Å². The van der Waals surface area contributed by atoms with E-state index < -0.39 is 10.0 Å². The number of aromatic nitrogens is 5. The molecule has 1 aliphatic rings. The van der Waals surface area contributed by atoms with Crippen molar-refractivity contribution in [1.82, 2.24) is 24.8 Å². The van der Waals surface area contributed by atoms with Crippen molar-refractivity contribution in [3.05, 3.63) is 47.3 Å². The first kappa shape index (κ1) is 22.6. The first-order valence-electron chi connectivity index (χ1n) is 10.1. The zero-order valence-corrected chi connectivity index (χ0v) is 19.4. The van der Waals surface area contributed by atoms with Crippen LogP contribution in [0.3, 0.4) is 0 Å². The van der Waals surface area contributed by atoms with Crippen molar-refractivity contribution in [1.29, 1.82) is 0 Å². The Morgan fingerprint density at radius 3 is 2.69 bits per heavy atom. The van der Waals surface area contributed by atoms with Gasteiger partial charge in [0.25, 0.3) is 0 Å². The third-order valence-electron chi connectivity index (χ3n) is 5.39. The number of sulfonamides is 1. The van der Waals surface area contributed by atoms with Gasteiger partial charge in [0, 0.05) is 29.2 Å². The monoisotopic (exact) mass is 476 g/mol. The van der Waals surface area contributed by atoms with Gasteiger partial charge in [-0.25, -0.2) is 18.2 Å². The molecule has 2 aromatic heterocycles. The van der Waals surface area contributed by atoms with Gasteiger partial charge in [-0.3, -0.25) is 4.79 Å². The van der Waals surface area contributed by atoms with E-state index >= 15 is 0 Å². The summed E-state index contributed by atoms with van der Waals surface area (Å²) in [4.78, 5) is 13.0. The molecule has 2 N–H and O–H groups in total. The van der Waals surface area contributed by atoms with E-state index in [9.17, 15) is 13.2 Å². The lowest BCUT2D eigenvalue weighted by Crippen LogP contribution is -2.17. The van der Waals surface area contributed by atoms with Crippen LogP contribution in [0.25, 0.3) is 5.69 Å². The maximum Gasteiger partial charge on any atom is 0.238 e. The van der Waals surface area contributed by atoms with Crippen LogP contribution in [0.1, 0.15) is 34.6 Å². The lowest BCUT2D eigenvalue weighted by molar-refractivity contribution is 0.0912. The van der Waals surface area contributed by atoms with Crippen LogP contribution in [-0.2, 0) is 21.3 Å². The fourth-order valence-corrected chi connectivity index (χ4v) is 5.12. The number of primary sulfonamides is 1. The highest BCUT2D eigenvalue weighted by atomic mass is 32.2. The topological polar surface area (TPSA) is 135 Å². The number of rotatable bonds is 8. The number of carbonyl (C=O) groups excluding carboxylic acids is 1. The highest BCUT2D eigenvalue weighted by Gasteiger charge is 2.21. The smallest absolute Gasteiger partial charge is 0.238 e. The molecule has 1 aromatic carbocycles. The van der Waals surface area contributed by atoms with E-state index in [1.165, 1.54) is 23.9 Å². The minimum atomic E-state index is -3.76. The molecule has 0 amide bonds. The van der Waals surface area contributed by atoms with Crippen molar-refractivity contribution in [2.45, 2.75) is 49.4 Å². The van der Waals surface area contributed by atoms with Crippen LogP contribution in [-0.4, -0.2) is 57.4 Å². The molecule has 170 valence electrons. The number of ether oxygens (including phenoxy) is 1. The predicted molar refractivity (Wildman–Crippen MR) is 118 cm³/mol. The van der Waals surface area contributed by atoms with Crippen LogP contribution in [0.2, 0.25) is 0 Å². The fraction of sp³-hybridized carbons (Fsp3) is 0.400. The molecule has 1 saturated heterocycles. The van der Waals surface area contributed by atoms with E-state index in [2.05, 4.69) is 15.5 Å². The summed E-state index contributed by atoms with van der Waals surface area (Å²) in [7, 11) is -3.76. The van der Waals surface area contributed by atoms with Gasteiger partial charge < -0.3 is 9.30 Å². The quantitative estimate of drug-likeness (QED) is 0.385. The number of nitrogens with zero attached hydrogens (tertiary/aromatic N) is 5. The SMILES string of the molecule is Cc1cc(C(=O)CSc2nnnn2C[C@H]2CCCO2)c(C)n1-c1ccc(S(N)(=O)=O)cc1. The highest BCUT2D eigenvalue weighted by Crippen LogP contribution is 2.25. The third kappa shape index (κ3) is 4.77. The van der Waals surface area contributed by atoms with Gasteiger partial charge in [0.1, 0.15) is 0 Å². The van der Waals surface area contributed by atoms with E-state index in [4.69, 9.17) is 9.88 Å². The number of aryl methyl sites for hydroxylation is 1. The number of ketones is 1. The first-order valence-corrected chi connectivity index (χ1v) is 12.6. The van der Waals surface area contributed by atoms with Crippen LogP contribution < -0.4 is 5.14 Å². The number of carbonyl (C=O) groups is 1. The Hall–Kier alpha value is -2.54. The van der Waals surface area contributed by atoms with Gasteiger partial charge >= 0.3 is 0 Å². The molecule has 12 heteroatoms. The molecular formula is C20H24N6O4S2. The molecular weight excluding hydrogens is 452 g/mol. The third-order valence-corrected chi connectivity index (χ3v) is 7.27. The summed E-state index contributed by atoms with van der Waals surface area (Å²) in [5.41, 5.74) is 2.99. The number of hydrogen-bond acceptors (Lipinski definition) is 8. The van der Waals surface area contributed by atoms with Crippen molar-refractivity contribution >= 4 is 27.6 Å². The predicted octanol–water partition coefficient (Wildman–Crippen LogP) is 1.88. The summed E-state index contributed by atoms with van der Waals surface area (Å²) in [5.74, 6) is 0.155. The average Bonchev–Trinajstić information content (AvgIpc) is 3.48. The zero-order chi connectivity index (χ0) is 22.9. The number of nitrogens with two attached hydrogens (primary N) is 1. The standard InChI is InChI=1S/C20H24N6O4S2/c1-13-10-18(14(2)26(13)15-5-7-17(8-6-15)32(21,28)29)19(27)12-31-20-22-23-24-25(20)11-16-4-3-9-30-16/h5-8,10,16H,3-4,9,11-12H2,1-2H3,(H2,21,28,29)/t16-/m1/s1. The molecule has 0 unspecified atom stereocenters. The van der Waals surface area contributed by atoms with E-state index in [1.807, 2.05) is 24.5 Å². The van der Waals surface area contributed by atoms with Crippen molar-refractivity contribution in [2.75, 3.05) is 12.4 Å². The van der Waals surface area contributed by atoms with Gasteiger partial charge in [0.05, 0.1) is 23.3 Å². The van der Waals surface area contributed by atoms with Crippen LogP contribution in [0, 0.1) is 13.8 Å². The fourth-order valence-electron chi connectivity index (χ4n) is 3.83. The van der Waals surface area contributed by atoms with Gasteiger partial charge in [-0.1, -0.05) is 11.8 Å². The molecule has 3 aromatic rings. The molecule has 1 fully saturated rings. The Morgan fingerprint density at radius 1 is 1.28 bits per heavy atom. The zero-order valence-electron chi connectivity index (χ0n) is 17.8. The molecule has 0 bridgehead atoms. The summed E-state index contributed by atoms with van der Waals surface area (Å²) in [5, 5.41) is 17.5. The Balaban J connectivity index is 1.48. The molecule has 0 aliphatic carbocycles. The largest absolute Gasteiger partial charge is 0.376 e. The van der Waals surface area contributed by atoms with E-state index in [0.717, 1.165) is 36.5 Å². The van der Waals surface area contributed by atoms with Crippen LogP contribution >= 0.6 is 11.8 Å². The van der Waals surface area contributed by atoms with Gasteiger partial charge in [0.15, 0.2) is 5.78 Å². The Kier molecular flexibility index (Phi) is 6.47. The lowest BCUT2D eigenvalue weighted by atomic mass is 10.2. The summed E-state index contributed by atoms with van der Waals surface area (Å²) >= 11 is 1.30. The minimum Gasteiger partial charge on any atom is -0.376 e. The summed E-state index contributed by atoms with van der Waals surface area (Å²) in [6.07, 6.45) is 2.12. The molecule has 1 atom stereocenters. The Morgan fingerprint density at radius 2 is 2.03 bits per heavy atom. The van der Waals surface area contributed by atoms with E-state index in [-0.39, 0.29) is 22.5 Å². The molecule has 3 heterocycles. The van der Waals surface area contributed by atoms with Crippen LogP contribution in [0.4, 0.5) is 0 Å². The van der Waals surface area contributed by atoms with Crippen LogP contribution in [0.15, 0.2) is 40.4 Å². The molecule has 0 radical (unpaired) electrons.